The van der Waals surface area contributed by atoms with E-state index in [9.17, 15) is 14.9 Å². The molecule has 1 saturated heterocycles. The van der Waals surface area contributed by atoms with Gasteiger partial charge in [-0.3, -0.25) is 9.69 Å². The molecule has 0 saturated carbocycles. The highest BCUT2D eigenvalue weighted by molar-refractivity contribution is 6.04. The highest BCUT2D eigenvalue weighted by Crippen LogP contribution is 2.26. The fourth-order valence-corrected chi connectivity index (χ4v) is 2.95. The lowest BCUT2D eigenvalue weighted by molar-refractivity contribution is 0.0970. The molecule has 1 N–H and O–H groups in total. The van der Waals surface area contributed by atoms with Crippen molar-refractivity contribution in [1.29, 1.82) is 5.26 Å². The van der Waals surface area contributed by atoms with E-state index in [-0.39, 0.29) is 11.9 Å². The number of nitrogens with one attached hydrogen (secondary N) is 1. The lowest BCUT2D eigenvalue weighted by Gasteiger charge is -2.15. The summed E-state index contributed by atoms with van der Waals surface area (Å²) in [6.45, 7) is 1.09. The van der Waals surface area contributed by atoms with Crippen LogP contribution in [-0.4, -0.2) is 29.9 Å². The minimum Gasteiger partial charge on any atom is -0.439 e. The van der Waals surface area contributed by atoms with Crippen molar-refractivity contribution in [1.82, 2.24) is 10.3 Å². The molecule has 0 spiro atoms. The SMILES string of the molecule is N#CC(C(=O)c1cccc(N2CCNC2=O)c1)c1nc2ccccc2o1. The van der Waals surface area contributed by atoms with Crippen LogP contribution in [0.2, 0.25) is 0 Å². The van der Waals surface area contributed by atoms with E-state index < -0.39 is 11.7 Å². The zero-order chi connectivity index (χ0) is 18.1. The molecule has 7 nitrogen and oxygen atoms in total. The number of rotatable bonds is 4. The summed E-state index contributed by atoms with van der Waals surface area (Å²) < 4.78 is 5.58. The Balaban J connectivity index is 1.67. The summed E-state index contributed by atoms with van der Waals surface area (Å²) in [5, 5.41) is 12.2. The molecule has 1 fully saturated rings. The molecular weight excluding hydrogens is 332 g/mol. The second-order valence-electron chi connectivity index (χ2n) is 5.88. The number of nitrogens with zero attached hydrogens (tertiary/aromatic N) is 3. The topological polar surface area (TPSA) is 99.2 Å². The van der Waals surface area contributed by atoms with Crippen LogP contribution in [0.15, 0.2) is 52.9 Å². The number of hydrogen-bond donors (Lipinski definition) is 1. The number of amides is 2. The van der Waals surface area contributed by atoms with Crippen molar-refractivity contribution in [2.45, 2.75) is 5.92 Å². The maximum Gasteiger partial charge on any atom is 0.321 e. The largest absolute Gasteiger partial charge is 0.439 e. The van der Waals surface area contributed by atoms with Crippen molar-refractivity contribution < 1.29 is 14.0 Å². The van der Waals surface area contributed by atoms with Crippen molar-refractivity contribution >= 4 is 28.6 Å². The Morgan fingerprint density at radius 3 is 2.85 bits per heavy atom. The summed E-state index contributed by atoms with van der Waals surface area (Å²) in [4.78, 5) is 30.5. The third-order valence-corrected chi connectivity index (χ3v) is 4.25. The molecule has 2 aromatic carbocycles. The Kier molecular flexibility index (Phi) is 3.86. The number of benzene rings is 2. The fourth-order valence-electron chi connectivity index (χ4n) is 2.95. The van der Waals surface area contributed by atoms with Crippen LogP contribution in [0, 0.1) is 11.3 Å². The predicted octanol–water partition coefficient (Wildman–Crippen LogP) is 2.85. The number of oxazole rings is 1. The molecule has 2 amide bonds. The molecule has 0 bridgehead atoms. The molecule has 1 atom stereocenters. The van der Waals surface area contributed by atoms with Gasteiger partial charge in [-0.05, 0) is 24.3 Å². The van der Waals surface area contributed by atoms with Gasteiger partial charge in [0.15, 0.2) is 17.3 Å². The first-order chi connectivity index (χ1) is 12.7. The first-order valence-electron chi connectivity index (χ1n) is 8.12. The molecule has 1 aromatic heterocycles. The van der Waals surface area contributed by atoms with Crippen LogP contribution in [0.1, 0.15) is 22.2 Å². The molecule has 0 radical (unpaired) electrons. The van der Waals surface area contributed by atoms with Crippen LogP contribution in [0.4, 0.5) is 10.5 Å². The Bertz CT molecular complexity index is 1020. The highest BCUT2D eigenvalue weighted by Gasteiger charge is 2.28. The molecule has 3 aromatic rings. The minimum atomic E-state index is -1.15. The lowest BCUT2D eigenvalue weighted by atomic mass is 9.98. The number of carbonyl (C=O) groups is 2. The summed E-state index contributed by atoms with van der Waals surface area (Å²) in [5.41, 5.74) is 2.06. The monoisotopic (exact) mass is 346 g/mol. The third kappa shape index (κ3) is 2.67. The first-order valence-corrected chi connectivity index (χ1v) is 8.12. The minimum absolute atomic E-state index is 0.0722. The van der Waals surface area contributed by atoms with E-state index in [4.69, 9.17) is 4.42 Å². The van der Waals surface area contributed by atoms with E-state index in [0.717, 1.165) is 0 Å². The van der Waals surface area contributed by atoms with E-state index in [1.165, 1.54) is 0 Å². The van der Waals surface area contributed by atoms with Crippen LogP contribution >= 0.6 is 0 Å². The van der Waals surface area contributed by atoms with E-state index in [2.05, 4.69) is 10.3 Å². The summed E-state index contributed by atoms with van der Waals surface area (Å²) in [5.74, 6) is -1.49. The van der Waals surface area contributed by atoms with Crippen molar-refractivity contribution in [2.24, 2.45) is 0 Å². The van der Waals surface area contributed by atoms with Gasteiger partial charge in [-0.1, -0.05) is 24.3 Å². The Morgan fingerprint density at radius 2 is 2.12 bits per heavy atom. The van der Waals surface area contributed by atoms with Crippen molar-refractivity contribution in [3.05, 3.63) is 60.0 Å². The number of carbonyl (C=O) groups excluding carboxylic acids is 2. The van der Waals surface area contributed by atoms with Crippen LogP contribution in [0.25, 0.3) is 11.1 Å². The maximum absolute atomic E-state index is 12.9. The van der Waals surface area contributed by atoms with Crippen molar-refractivity contribution in [3.63, 3.8) is 0 Å². The van der Waals surface area contributed by atoms with Gasteiger partial charge in [0, 0.05) is 24.3 Å². The number of fused-ring (bicyclic) bond motifs is 1. The summed E-state index contributed by atoms with van der Waals surface area (Å²) in [7, 11) is 0. The zero-order valence-corrected chi connectivity index (χ0v) is 13.7. The van der Waals surface area contributed by atoms with Crippen molar-refractivity contribution in [3.8, 4) is 6.07 Å². The molecule has 1 unspecified atom stereocenters. The van der Waals surface area contributed by atoms with E-state index in [1.54, 1.807) is 47.4 Å². The molecule has 2 heterocycles. The predicted molar refractivity (Wildman–Crippen MR) is 93.9 cm³/mol. The summed E-state index contributed by atoms with van der Waals surface area (Å²) >= 11 is 0. The standard InChI is InChI=1S/C19H14N4O3/c20-11-14(18-22-15-6-1-2-7-16(15)26-18)17(24)12-4-3-5-13(10-12)23-9-8-21-19(23)25/h1-7,10,14H,8-9H2,(H,21,25). The number of para-hydroxylation sites is 2. The quantitative estimate of drug-likeness (QED) is 0.732. The summed E-state index contributed by atoms with van der Waals surface area (Å²) in [6, 6.07) is 15.5. The van der Waals surface area contributed by atoms with Gasteiger partial charge in [0.05, 0.1) is 6.07 Å². The van der Waals surface area contributed by atoms with Gasteiger partial charge in [-0.25, -0.2) is 9.78 Å². The van der Waals surface area contributed by atoms with Gasteiger partial charge < -0.3 is 9.73 Å². The number of anilines is 1. The third-order valence-electron chi connectivity index (χ3n) is 4.25. The van der Waals surface area contributed by atoms with Gasteiger partial charge in [0.2, 0.25) is 5.89 Å². The van der Waals surface area contributed by atoms with Crippen LogP contribution in [0.3, 0.4) is 0 Å². The van der Waals surface area contributed by atoms with Gasteiger partial charge in [-0.2, -0.15) is 5.26 Å². The molecule has 4 rings (SSSR count). The molecule has 1 aliphatic rings. The Labute approximate surface area is 148 Å². The van der Waals surface area contributed by atoms with E-state index in [0.29, 0.717) is 35.4 Å². The molecule has 26 heavy (non-hydrogen) atoms. The second-order valence-corrected chi connectivity index (χ2v) is 5.88. The fraction of sp³-hybridized carbons (Fsp3) is 0.158. The van der Waals surface area contributed by atoms with Crippen LogP contribution in [0.5, 0.6) is 0 Å². The lowest BCUT2D eigenvalue weighted by Crippen LogP contribution is -2.27. The van der Waals surface area contributed by atoms with Gasteiger partial charge in [0.25, 0.3) is 0 Å². The zero-order valence-electron chi connectivity index (χ0n) is 13.7. The molecule has 0 aliphatic carbocycles. The Hall–Kier alpha value is -3.66. The number of aromatic nitrogens is 1. The second kappa shape index (κ2) is 6.33. The average Bonchev–Trinajstić information content (AvgIpc) is 3.28. The summed E-state index contributed by atoms with van der Waals surface area (Å²) in [6.07, 6.45) is 0. The number of urea groups is 1. The van der Waals surface area contributed by atoms with Gasteiger partial charge in [0.1, 0.15) is 5.52 Å². The van der Waals surface area contributed by atoms with E-state index in [1.807, 2.05) is 12.1 Å². The van der Waals surface area contributed by atoms with Gasteiger partial charge in [-0.15, -0.1) is 0 Å². The van der Waals surface area contributed by atoms with Gasteiger partial charge >= 0.3 is 6.03 Å². The number of ketones is 1. The number of Topliss-reactive ketones (excluding diaryl/α,β-unsaturated/α-hetero) is 1. The maximum atomic E-state index is 12.9. The molecule has 7 heteroatoms. The van der Waals surface area contributed by atoms with Crippen LogP contribution < -0.4 is 10.2 Å². The normalized spacial score (nSPS) is 14.9. The van der Waals surface area contributed by atoms with Crippen molar-refractivity contribution in [2.75, 3.05) is 18.0 Å². The van der Waals surface area contributed by atoms with Crippen LogP contribution in [-0.2, 0) is 0 Å². The first kappa shape index (κ1) is 15.8. The number of nitriles is 1. The van der Waals surface area contributed by atoms with E-state index >= 15 is 0 Å². The smallest absolute Gasteiger partial charge is 0.321 e. The highest BCUT2D eigenvalue weighted by atomic mass is 16.3. The molecular formula is C19H14N4O3. The number of hydrogen-bond acceptors (Lipinski definition) is 5. The molecule has 1 aliphatic heterocycles. The molecule has 128 valence electrons. The Morgan fingerprint density at radius 1 is 1.27 bits per heavy atom. The average molecular weight is 346 g/mol.